The van der Waals surface area contributed by atoms with Crippen LogP contribution in [0.1, 0.15) is 25.0 Å². The van der Waals surface area contributed by atoms with Gasteiger partial charge in [0.2, 0.25) is 0 Å². The summed E-state index contributed by atoms with van der Waals surface area (Å²) in [5, 5.41) is 12.7. The minimum atomic E-state index is -0.634. The second-order valence-corrected chi connectivity index (χ2v) is 4.40. The molecule has 0 unspecified atom stereocenters. The molecule has 0 aromatic heterocycles. The fourth-order valence-electron chi connectivity index (χ4n) is 1.22. The minimum absolute atomic E-state index is 0.612. The molecule has 0 fully saturated rings. The summed E-state index contributed by atoms with van der Waals surface area (Å²) in [6.07, 6.45) is 0. The fourth-order valence-corrected chi connectivity index (χ4v) is 1.22. The van der Waals surface area contributed by atoms with Crippen molar-refractivity contribution in [3.63, 3.8) is 0 Å². The Labute approximate surface area is 86.0 Å². The van der Waals surface area contributed by atoms with E-state index in [2.05, 4.69) is 36.5 Å². The lowest BCUT2D eigenvalue weighted by atomic mass is 10.1. The number of hydrogen-bond acceptors (Lipinski definition) is 2. The first-order valence-corrected chi connectivity index (χ1v) is 4.96. The Morgan fingerprint density at radius 1 is 1.21 bits per heavy atom. The molecule has 0 bridgehead atoms. The minimum Gasteiger partial charge on any atom is -0.389 e. The quantitative estimate of drug-likeness (QED) is 0.765. The first-order valence-electron chi connectivity index (χ1n) is 4.96. The SMILES string of the molecule is Cc1ccc(CNCC(C)(C)O)cc1. The molecule has 0 saturated heterocycles. The number of aliphatic hydroxyl groups is 1. The van der Waals surface area contributed by atoms with Crippen molar-refractivity contribution in [3.8, 4) is 0 Å². The molecule has 2 nitrogen and oxygen atoms in total. The third kappa shape index (κ3) is 4.40. The molecule has 0 heterocycles. The highest BCUT2D eigenvalue weighted by molar-refractivity contribution is 5.21. The molecule has 0 amide bonds. The van der Waals surface area contributed by atoms with Crippen LogP contribution in [0.4, 0.5) is 0 Å². The first kappa shape index (κ1) is 11.2. The number of hydrogen-bond donors (Lipinski definition) is 2. The van der Waals surface area contributed by atoms with Crippen molar-refractivity contribution in [2.75, 3.05) is 6.54 Å². The molecule has 2 N–H and O–H groups in total. The molecule has 1 aromatic carbocycles. The monoisotopic (exact) mass is 193 g/mol. The molecule has 0 aliphatic carbocycles. The van der Waals surface area contributed by atoms with Gasteiger partial charge in [0.15, 0.2) is 0 Å². The van der Waals surface area contributed by atoms with E-state index in [-0.39, 0.29) is 0 Å². The highest BCUT2D eigenvalue weighted by Crippen LogP contribution is 2.03. The maximum absolute atomic E-state index is 9.48. The number of aryl methyl sites for hydroxylation is 1. The van der Waals surface area contributed by atoms with Crippen LogP contribution in [-0.2, 0) is 6.54 Å². The highest BCUT2D eigenvalue weighted by atomic mass is 16.3. The Hall–Kier alpha value is -0.860. The summed E-state index contributed by atoms with van der Waals surface area (Å²) in [6.45, 7) is 7.10. The molecule has 0 aliphatic rings. The van der Waals surface area contributed by atoms with Crippen LogP contribution in [0.2, 0.25) is 0 Å². The normalized spacial score (nSPS) is 11.7. The summed E-state index contributed by atoms with van der Waals surface area (Å²) < 4.78 is 0. The van der Waals surface area contributed by atoms with Gasteiger partial charge < -0.3 is 10.4 Å². The number of rotatable bonds is 4. The predicted molar refractivity (Wildman–Crippen MR) is 59.2 cm³/mol. The summed E-state index contributed by atoms with van der Waals surface area (Å²) >= 11 is 0. The van der Waals surface area contributed by atoms with Crippen LogP contribution in [0.15, 0.2) is 24.3 Å². The molecule has 0 saturated carbocycles. The van der Waals surface area contributed by atoms with Crippen molar-refractivity contribution in [3.05, 3.63) is 35.4 Å². The molecule has 0 spiro atoms. The van der Waals surface area contributed by atoms with Gasteiger partial charge in [0.05, 0.1) is 5.60 Å². The van der Waals surface area contributed by atoms with Gasteiger partial charge in [0.25, 0.3) is 0 Å². The molecule has 0 radical (unpaired) electrons. The van der Waals surface area contributed by atoms with Crippen LogP contribution >= 0.6 is 0 Å². The number of benzene rings is 1. The van der Waals surface area contributed by atoms with Crippen molar-refractivity contribution >= 4 is 0 Å². The van der Waals surface area contributed by atoms with Crippen molar-refractivity contribution < 1.29 is 5.11 Å². The van der Waals surface area contributed by atoms with Crippen LogP contribution in [0.3, 0.4) is 0 Å². The van der Waals surface area contributed by atoms with Crippen LogP contribution in [0.5, 0.6) is 0 Å². The molecule has 78 valence electrons. The number of nitrogens with one attached hydrogen (secondary N) is 1. The van der Waals surface area contributed by atoms with Gasteiger partial charge in [-0.15, -0.1) is 0 Å². The Morgan fingerprint density at radius 3 is 2.29 bits per heavy atom. The molecular weight excluding hydrogens is 174 g/mol. The van der Waals surface area contributed by atoms with E-state index < -0.39 is 5.60 Å². The fraction of sp³-hybridized carbons (Fsp3) is 0.500. The van der Waals surface area contributed by atoms with Crippen LogP contribution < -0.4 is 5.32 Å². The topological polar surface area (TPSA) is 32.3 Å². The third-order valence-electron chi connectivity index (χ3n) is 2.01. The average molecular weight is 193 g/mol. The summed E-state index contributed by atoms with van der Waals surface area (Å²) in [5.74, 6) is 0. The summed E-state index contributed by atoms with van der Waals surface area (Å²) in [7, 11) is 0. The summed E-state index contributed by atoms with van der Waals surface area (Å²) in [4.78, 5) is 0. The van der Waals surface area contributed by atoms with Gasteiger partial charge in [0, 0.05) is 13.1 Å². The van der Waals surface area contributed by atoms with E-state index in [0.717, 1.165) is 6.54 Å². The molecule has 14 heavy (non-hydrogen) atoms. The van der Waals surface area contributed by atoms with Gasteiger partial charge in [-0.05, 0) is 26.3 Å². The Kier molecular flexibility index (Phi) is 3.67. The van der Waals surface area contributed by atoms with Crippen molar-refractivity contribution in [2.45, 2.75) is 32.9 Å². The van der Waals surface area contributed by atoms with E-state index in [1.807, 2.05) is 0 Å². The van der Waals surface area contributed by atoms with E-state index in [9.17, 15) is 5.11 Å². The van der Waals surface area contributed by atoms with E-state index >= 15 is 0 Å². The summed E-state index contributed by atoms with van der Waals surface area (Å²) in [5.41, 5.74) is 1.89. The Morgan fingerprint density at radius 2 is 1.79 bits per heavy atom. The molecular formula is C12H19NO. The first-order chi connectivity index (χ1) is 6.47. The lowest BCUT2D eigenvalue weighted by molar-refractivity contribution is 0.0795. The third-order valence-corrected chi connectivity index (χ3v) is 2.01. The van der Waals surface area contributed by atoms with Crippen LogP contribution in [0, 0.1) is 6.92 Å². The Balaban J connectivity index is 2.35. The van der Waals surface area contributed by atoms with E-state index in [1.165, 1.54) is 11.1 Å². The molecule has 1 rings (SSSR count). The maximum Gasteiger partial charge on any atom is 0.0715 e. The zero-order chi connectivity index (χ0) is 10.6. The highest BCUT2D eigenvalue weighted by Gasteiger charge is 2.10. The molecule has 0 atom stereocenters. The standard InChI is InChI=1S/C12H19NO/c1-10-4-6-11(7-5-10)8-13-9-12(2,3)14/h4-7,13-14H,8-9H2,1-3H3. The maximum atomic E-state index is 9.48. The second-order valence-electron chi connectivity index (χ2n) is 4.40. The van der Waals surface area contributed by atoms with E-state index in [0.29, 0.717) is 6.54 Å². The lowest BCUT2D eigenvalue weighted by Crippen LogP contribution is -2.34. The zero-order valence-corrected chi connectivity index (χ0v) is 9.17. The van der Waals surface area contributed by atoms with Gasteiger partial charge in [-0.2, -0.15) is 0 Å². The van der Waals surface area contributed by atoms with E-state index in [4.69, 9.17) is 0 Å². The van der Waals surface area contributed by atoms with Gasteiger partial charge in [-0.3, -0.25) is 0 Å². The van der Waals surface area contributed by atoms with Crippen LogP contribution in [-0.4, -0.2) is 17.3 Å². The Bertz CT molecular complexity index is 271. The van der Waals surface area contributed by atoms with Crippen molar-refractivity contribution in [2.24, 2.45) is 0 Å². The van der Waals surface area contributed by atoms with Gasteiger partial charge >= 0.3 is 0 Å². The largest absolute Gasteiger partial charge is 0.389 e. The van der Waals surface area contributed by atoms with Crippen molar-refractivity contribution in [1.82, 2.24) is 5.32 Å². The van der Waals surface area contributed by atoms with Crippen molar-refractivity contribution in [1.29, 1.82) is 0 Å². The zero-order valence-electron chi connectivity index (χ0n) is 9.17. The van der Waals surface area contributed by atoms with Gasteiger partial charge in [-0.1, -0.05) is 29.8 Å². The van der Waals surface area contributed by atoms with Crippen LogP contribution in [0.25, 0.3) is 0 Å². The summed E-state index contributed by atoms with van der Waals surface area (Å²) in [6, 6.07) is 8.40. The molecule has 1 aromatic rings. The second kappa shape index (κ2) is 4.58. The van der Waals surface area contributed by atoms with Gasteiger partial charge in [0.1, 0.15) is 0 Å². The molecule has 0 aliphatic heterocycles. The van der Waals surface area contributed by atoms with Gasteiger partial charge in [-0.25, -0.2) is 0 Å². The smallest absolute Gasteiger partial charge is 0.0715 e. The molecule has 2 heteroatoms. The van der Waals surface area contributed by atoms with E-state index in [1.54, 1.807) is 13.8 Å². The predicted octanol–water partition coefficient (Wildman–Crippen LogP) is 1.86. The average Bonchev–Trinajstić information content (AvgIpc) is 2.06. The lowest BCUT2D eigenvalue weighted by Gasteiger charge is -2.17.